The summed E-state index contributed by atoms with van der Waals surface area (Å²) in [4.78, 5) is 18.7. The first-order valence-corrected chi connectivity index (χ1v) is 9.44. The molecule has 4 nitrogen and oxygen atoms in total. The topological polar surface area (TPSA) is 45.2 Å². The van der Waals surface area contributed by atoms with Crippen LogP contribution in [0.1, 0.15) is 55.1 Å². The Morgan fingerprint density at radius 3 is 2.63 bits per heavy atom. The van der Waals surface area contributed by atoms with Crippen molar-refractivity contribution >= 4 is 11.7 Å². The molecule has 1 atom stereocenters. The van der Waals surface area contributed by atoms with Crippen LogP contribution in [0, 0.1) is 17.6 Å². The molecule has 1 fully saturated rings. The molecule has 1 unspecified atom stereocenters. The van der Waals surface area contributed by atoms with E-state index in [9.17, 15) is 13.6 Å². The van der Waals surface area contributed by atoms with Crippen LogP contribution >= 0.6 is 0 Å². The number of nitrogens with one attached hydrogen (secondary N) is 1. The lowest BCUT2D eigenvalue weighted by molar-refractivity contribution is 0.0697. The van der Waals surface area contributed by atoms with Crippen molar-refractivity contribution in [3.63, 3.8) is 0 Å². The summed E-state index contributed by atoms with van der Waals surface area (Å²) in [5, 5.41) is 3.12. The molecule has 3 rings (SSSR count). The van der Waals surface area contributed by atoms with Crippen LogP contribution in [0.15, 0.2) is 36.5 Å². The van der Waals surface area contributed by atoms with Crippen LogP contribution in [-0.4, -0.2) is 28.9 Å². The molecule has 1 N–H and O–H groups in total. The van der Waals surface area contributed by atoms with Gasteiger partial charge in [-0.05, 0) is 55.5 Å². The number of halogens is 2. The molecule has 1 aliphatic rings. The van der Waals surface area contributed by atoms with E-state index in [-0.39, 0.29) is 11.5 Å². The van der Waals surface area contributed by atoms with E-state index in [4.69, 9.17) is 0 Å². The molecule has 2 heterocycles. The quantitative estimate of drug-likeness (QED) is 0.819. The molecule has 0 radical (unpaired) electrons. The van der Waals surface area contributed by atoms with Crippen molar-refractivity contribution in [2.45, 2.75) is 39.2 Å². The van der Waals surface area contributed by atoms with Crippen LogP contribution in [0.5, 0.6) is 0 Å². The zero-order valence-electron chi connectivity index (χ0n) is 15.7. The van der Waals surface area contributed by atoms with Crippen LogP contribution in [0.2, 0.25) is 0 Å². The SMILES string of the molecule is CCC(Nc1ccc(C(=O)N2CCC(C)CC2)cn1)c1cc(F)ccc1F. The number of aromatic nitrogens is 1. The Morgan fingerprint density at radius 2 is 2.00 bits per heavy atom. The molecule has 1 aromatic heterocycles. The van der Waals surface area contributed by atoms with Gasteiger partial charge in [0.25, 0.3) is 5.91 Å². The fraction of sp³-hybridized carbons (Fsp3) is 0.429. The van der Waals surface area contributed by atoms with Gasteiger partial charge in [-0.15, -0.1) is 0 Å². The lowest BCUT2D eigenvalue weighted by Crippen LogP contribution is -2.37. The number of carbonyl (C=O) groups excluding carboxylic acids is 1. The Morgan fingerprint density at radius 1 is 1.26 bits per heavy atom. The van der Waals surface area contributed by atoms with Gasteiger partial charge < -0.3 is 10.2 Å². The zero-order valence-corrected chi connectivity index (χ0v) is 15.7. The number of nitrogens with zero attached hydrogens (tertiary/aromatic N) is 2. The van der Waals surface area contributed by atoms with Crippen LogP contribution in [0.4, 0.5) is 14.6 Å². The van der Waals surface area contributed by atoms with Gasteiger partial charge in [-0.2, -0.15) is 0 Å². The van der Waals surface area contributed by atoms with Crippen molar-refractivity contribution in [1.29, 1.82) is 0 Å². The maximum atomic E-state index is 14.0. The van der Waals surface area contributed by atoms with Gasteiger partial charge in [-0.1, -0.05) is 13.8 Å². The summed E-state index contributed by atoms with van der Waals surface area (Å²) in [6.07, 6.45) is 4.15. The summed E-state index contributed by atoms with van der Waals surface area (Å²) in [6.45, 7) is 5.64. The summed E-state index contributed by atoms with van der Waals surface area (Å²) in [7, 11) is 0. The summed E-state index contributed by atoms with van der Waals surface area (Å²) in [5.74, 6) is 0.240. The van der Waals surface area contributed by atoms with E-state index in [0.717, 1.165) is 38.1 Å². The van der Waals surface area contributed by atoms with E-state index in [1.165, 1.54) is 12.3 Å². The average molecular weight is 373 g/mol. The second-order valence-electron chi connectivity index (χ2n) is 7.18. The molecule has 27 heavy (non-hydrogen) atoms. The fourth-order valence-corrected chi connectivity index (χ4v) is 3.36. The highest BCUT2D eigenvalue weighted by molar-refractivity contribution is 5.94. The van der Waals surface area contributed by atoms with Gasteiger partial charge in [0, 0.05) is 24.8 Å². The maximum Gasteiger partial charge on any atom is 0.255 e. The Bertz CT molecular complexity index is 787. The molecule has 0 bridgehead atoms. The number of amides is 1. The Kier molecular flexibility index (Phi) is 6.04. The third-order valence-electron chi connectivity index (χ3n) is 5.15. The number of pyridine rings is 1. The number of piperidine rings is 1. The molecule has 144 valence electrons. The molecule has 0 aliphatic carbocycles. The van der Waals surface area contributed by atoms with E-state index in [1.807, 2.05) is 11.8 Å². The van der Waals surface area contributed by atoms with Crippen molar-refractivity contribution in [3.8, 4) is 0 Å². The lowest BCUT2D eigenvalue weighted by atomic mass is 9.99. The molecular weight excluding hydrogens is 348 g/mol. The molecular formula is C21H25F2N3O. The number of rotatable bonds is 5. The van der Waals surface area contributed by atoms with Crippen LogP contribution in [0.25, 0.3) is 0 Å². The second-order valence-corrected chi connectivity index (χ2v) is 7.18. The highest BCUT2D eigenvalue weighted by atomic mass is 19.1. The van der Waals surface area contributed by atoms with E-state index in [1.54, 1.807) is 12.1 Å². The van der Waals surface area contributed by atoms with Gasteiger partial charge in [0.2, 0.25) is 0 Å². The molecule has 2 aromatic rings. The number of hydrogen-bond acceptors (Lipinski definition) is 3. The fourth-order valence-electron chi connectivity index (χ4n) is 3.36. The Labute approximate surface area is 158 Å². The predicted molar refractivity (Wildman–Crippen MR) is 102 cm³/mol. The minimum atomic E-state index is -0.476. The predicted octanol–water partition coefficient (Wildman–Crippen LogP) is 4.80. The third-order valence-corrected chi connectivity index (χ3v) is 5.15. The Balaban J connectivity index is 1.69. The van der Waals surface area contributed by atoms with E-state index in [0.29, 0.717) is 23.7 Å². The molecule has 1 saturated heterocycles. The number of likely N-dealkylation sites (tertiary alicyclic amines) is 1. The van der Waals surface area contributed by atoms with Gasteiger partial charge in [-0.3, -0.25) is 4.79 Å². The van der Waals surface area contributed by atoms with E-state index >= 15 is 0 Å². The first-order chi connectivity index (χ1) is 13.0. The average Bonchev–Trinajstić information content (AvgIpc) is 2.68. The molecule has 1 amide bonds. The molecule has 0 saturated carbocycles. The highest BCUT2D eigenvalue weighted by Gasteiger charge is 2.22. The van der Waals surface area contributed by atoms with Crippen molar-refractivity contribution in [3.05, 3.63) is 59.3 Å². The van der Waals surface area contributed by atoms with Crippen molar-refractivity contribution in [1.82, 2.24) is 9.88 Å². The number of benzene rings is 1. The smallest absolute Gasteiger partial charge is 0.255 e. The molecule has 0 spiro atoms. The summed E-state index contributed by atoms with van der Waals surface area (Å²) in [6, 6.07) is 6.46. The highest BCUT2D eigenvalue weighted by Crippen LogP contribution is 2.25. The van der Waals surface area contributed by atoms with Crippen LogP contribution in [0.3, 0.4) is 0 Å². The zero-order chi connectivity index (χ0) is 19.4. The van der Waals surface area contributed by atoms with Gasteiger partial charge in [0.1, 0.15) is 17.5 Å². The first kappa shape index (κ1) is 19.3. The second kappa shape index (κ2) is 8.46. The normalized spacial score (nSPS) is 16.2. The van der Waals surface area contributed by atoms with E-state index < -0.39 is 17.7 Å². The van der Waals surface area contributed by atoms with Gasteiger partial charge in [0.15, 0.2) is 0 Å². The van der Waals surface area contributed by atoms with Gasteiger partial charge in [0.05, 0.1) is 11.6 Å². The molecule has 6 heteroatoms. The lowest BCUT2D eigenvalue weighted by Gasteiger charge is -2.30. The first-order valence-electron chi connectivity index (χ1n) is 9.44. The van der Waals surface area contributed by atoms with E-state index in [2.05, 4.69) is 17.2 Å². The minimum Gasteiger partial charge on any atom is -0.363 e. The molecule has 1 aromatic carbocycles. The number of carbonyl (C=O) groups is 1. The minimum absolute atomic E-state index is 0.0100. The van der Waals surface area contributed by atoms with Crippen molar-refractivity contribution in [2.24, 2.45) is 5.92 Å². The third kappa shape index (κ3) is 4.62. The van der Waals surface area contributed by atoms with Crippen LogP contribution < -0.4 is 5.32 Å². The van der Waals surface area contributed by atoms with Crippen molar-refractivity contribution in [2.75, 3.05) is 18.4 Å². The summed E-state index contributed by atoms with van der Waals surface area (Å²) >= 11 is 0. The Hall–Kier alpha value is -2.50. The standard InChI is InChI=1S/C21H25F2N3O/c1-3-19(17-12-16(22)5-6-18(17)23)25-20-7-4-15(13-24-20)21(27)26-10-8-14(2)9-11-26/h4-7,12-14,19H,3,8-11H2,1-2H3,(H,24,25). The number of hydrogen-bond donors (Lipinski definition) is 1. The monoisotopic (exact) mass is 373 g/mol. The van der Waals surface area contributed by atoms with Crippen LogP contribution in [-0.2, 0) is 0 Å². The maximum absolute atomic E-state index is 14.0. The number of anilines is 1. The molecule has 1 aliphatic heterocycles. The van der Waals surface area contributed by atoms with Gasteiger partial charge in [-0.25, -0.2) is 13.8 Å². The van der Waals surface area contributed by atoms with Gasteiger partial charge >= 0.3 is 0 Å². The van der Waals surface area contributed by atoms with Crippen molar-refractivity contribution < 1.29 is 13.6 Å². The summed E-state index contributed by atoms with van der Waals surface area (Å²) in [5.41, 5.74) is 0.807. The largest absolute Gasteiger partial charge is 0.363 e. The summed E-state index contributed by atoms with van der Waals surface area (Å²) < 4.78 is 27.5.